The van der Waals surface area contributed by atoms with E-state index in [0.29, 0.717) is 6.73 Å². The zero-order chi connectivity index (χ0) is 10.9. The molecule has 15 heavy (non-hydrogen) atoms. The van der Waals surface area contributed by atoms with Gasteiger partial charge in [-0.2, -0.15) is 0 Å². The van der Waals surface area contributed by atoms with Crippen molar-refractivity contribution >= 4 is 0 Å². The molecule has 0 aliphatic carbocycles. The van der Waals surface area contributed by atoms with Crippen molar-refractivity contribution in [1.29, 1.82) is 0 Å². The lowest BCUT2D eigenvalue weighted by molar-refractivity contribution is -0.732. The van der Waals surface area contributed by atoms with Gasteiger partial charge in [0.2, 0.25) is 6.33 Å². The maximum absolute atomic E-state index is 5.53. The number of aryl methyl sites for hydroxylation is 1. The lowest BCUT2D eigenvalue weighted by Gasteiger charge is -1.98. The predicted octanol–water partition coefficient (Wildman–Crippen LogP) is 2.35. The Kier molecular flexibility index (Phi) is 6.09. The summed E-state index contributed by atoms with van der Waals surface area (Å²) >= 11 is 0. The first-order chi connectivity index (χ1) is 7.36. The fourth-order valence-electron chi connectivity index (χ4n) is 1.40. The molecular weight excluding hydrogens is 188 g/mol. The Morgan fingerprint density at radius 1 is 1.20 bits per heavy atom. The van der Waals surface area contributed by atoms with E-state index < -0.39 is 0 Å². The van der Waals surface area contributed by atoms with Crippen LogP contribution in [0.4, 0.5) is 0 Å². The highest BCUT2D eigenvalue weighted by Crippen LogP contribution is 1.93. The zero-order valence-electron chi connectivity index (χ0n) is 9.98. The number of hydrogen-bond donors (Lipinski definition) is 0. The second-order valence-corrected chi connectivity index (χ2v) is 3.91. The number of rotatable bonds is 8. The minimum atomic E-state index is 0.680. The van der Waals surface area contributed by atoms with Gasteiger partial charge in [0.05, 0.1) is 13.2 Å². The average molecular weight is 211 g/mol. The molecule has 0 fully saturated rings. The first-order valence-corrected chi connectivity index (χ1v) is 5.99. The van der Waals surface area contributed by atoms with Crippen molar-refractivity contribution in [2.45, 2.75) is 52.8 Å². The van der Waals surface area contributed by atoms with Gasteiger partial charge in [0.15, 0.2) is 6.73 Å². The molecule has 3 heteroatoms. The summed E-state index contributed by atoms with van der Waals surface area (Å²) in [6.07, 6.45) is 11.1. The second-order valence-electron chi connectivity index (χ2n) is 3.91. The van der Waals surface area contributed by atoms with Crippen LogP contribution in [0.1, 0.15) is 39.5 Å². The molecule has 0 aliphatic rings. The maximum Gasteiger partial charge on any atom is 0.245 e. The van der Waals surface area contributed by atoms with E-state index in [2.05, 4.69) is 41.7 Å². The third kappa shape index (κ3) is 4.98. The predicted molar refractivity (Wildman–Crippen MR) is 60.4 cm³/mol. The molecule has 0 saturated heterocycles. The standard InChI is InChI=1S/C12H23N2O/c1-3-5-7-13-8-9-14(11-13)12-15-10-6-4-2/h8-9,11H,3-7,10,12H2,1-2H3/q+1. The van der Waals surface area contributed by atoms with Crippen molar-refractivity contribution in [3.05, 3.63) is 18.7 Å². The molecule has 1 heterocycles. The van der Waals surface area contributed by atoms with E-state index in [1.54, 1.807) is 0 Å². The average Bonchev–Trinajstić information content (AvgIpc) is 2.69. The van der Waals surface area contributed by atoms with Crippen LogP contribution in [0, 0.1) is 0 Å². The number of ether oxygens (including phenoxy) is 1. The lowest BCUT2D eigenvalue weighted by atomic mass is 10.3. The summed E-state index contributed by atoms with van der Waals surface area (Å²) in [6, 6.07) is 0. The van der Waals surface area contributed by atoms with Gasteiger partial charge >= 0.3 is 0 Å². The molecule has 0 radical (unpaired) electrons. The highest BCUT2D eigenvalue weighted by Gasteiger charge is 2.02. The molecule has 0 saturated carbocycles. The van der Waals surface area contributed by atoms with Gasteiger partial charge in [0, 0.05) is 0 Å². The van der Waals surface area contributed by atoms with Crippen LogP contribution in [-0.2, 0) is 18.0 Å². The number of hydrogen-bond acceptors (Lipinski definition) is 1. The second kappa shape index (κ2) is 7.46. The van der Waals surface area contributed by atoms with Crippen LogP contribution in [-0.4, -0.2) is 11.2 Å². The molecule has 86 valence electrons. The van der Waals surface area contributed by atoms with Gasteiger partial charge in [-0.1, -0.05) is 26.7 Å². The van der Waals surface area contributed by atoms with Crippen molar-refractivity contribution in [3.8, 4) is 0 Å². The third-order valence-electron chi connectivity index (χ3n) is 2.40. The summed E-state index contributed by atoms with van der Waals surface area (Å²) in [6.45, 7) is 7.05. The molecule has 0 aliphatic heterocycles. The van der Waals surface area contributed by atoms with Crippen LogP contribution < -0.4 is 4.57 Å². The minimum Gasteiger partial charge on any atom is -0.342 e. The molecule has 0 amide bonds. The van der Waals surface area contributed by atoms with E-state index >= 15 is 0 Å². The normalized spacial score (nSPS) is 10.8. The third-order valence-corrected chi connectivity index (χ3v) is 2.40. The van der Waals surface area contributed by atoms with Gasteiger partial charge < -0.3 is 4.74 Å². The molecule has 3 nitrogen and oxygen atoms in total. The highest BCUT2D eigenvalue weighted by atomic mass is 16.5. The molecule has 1 aromatic heterocycles. The Bertz CT molecular complexity index is 258. The molecular formula is C12H23N2O+. The van der Waals surface area contributed by atoms with Crippen LogP contribution in [0.3, 0.4) is 0 Å². The van der Waals surface area contributed by atoms with Crippen LogP contribution in [0.2, 0.25) is 0 Å². The van der Waals surface area contributed by atoms with E-state index in [4.69, 9.17) is 4.74 Å². The maximum atomic E-state index is 5.53. The number of aromatic nitrogens is 2. The zero-order valence-corrected chi connectivity index (χ0v) is 9.98. The summed E-state index contributed by atoms with van der Waals surface area (Å²) in [5.41, 5.74) is 0. The van der Waals surface area contributed by atoms with Crippen LogP contribution >= 0.6 is 0 Å². The Hall–Kier alpha value is -0.830. The summed E-state index contributed by atoms with van der Waals surface area (Å²) < 4.78 is 9.83. The molecule has 0 atom stereocenters. The van der Waals surface area contributed by atoms with Gasteiger partial charge in [0.25, 0.3) is 0 Å². The topological polar surface area (TPSA) is 18.0 Å². The monoisotopic (exact) mass is 211 g/mol. The smallest absolute Gasteiger partial charge is 0.245 e. The SMILES string of the molecule is CCCCOC[n+]1ccn(CCCC)c1. The first-order valence-electron chi connectivity index (χ1n) is 5.99. The van der Waals surface area contributed by atoms with Crippen molar-refractivity contribution in [3.63, 3.8) is 0 Å². The Morgan fingerprint density at radius 3 is 2.73 bits per heavy atom. The molecule has 0 aromatic carbocycles. The molecule has 0 bridgehead atoms. The quantitative estimate of drug-likeness (QED) is 0.477. The Balaban J connectivity index is 2.20. The molecule has 0 N–H and O–H groups in total. The minimum absolute atomic E-state index is 0.680. The first kappa shape index (κ1) is 12.2. The number of imidazole rings is 1. The van der Waals surface area contributed by atoms with E-state index in [9.17, 15) is 0 Å². The lowest BCUT2D eigenvalue weighted by Crippen LogP contribution is -2.32. The van der Waals surface area contributed by atoms with Crippen LogP contribution in [0.5, 0.6) is 0 Å². The summed E-state index contributed by atoms with van der Waals surface area (Å²) in [5, 5.41) is 0. The van der Waals surface area contributed by atoms with E-state index in [1.165, 1.54) is 19.3 Å². The van der Waals surface area contributed by atoms with Crippen LogP contribution in [0.25, 0.3) is 0 Å². The molecule has 1 rings (SSSR count). The summed E-state index contributed by atoms with van der Waals surface area (Å²) in [7, 11) is 0. The van der Waals surface area contributed by atoms with E-state index in [-0.39, 0.29) is 0 Å². The van der Waals surface area contributed by atoms with Crippen LogP contribution in [0.15, 0.2) is 18.7 Å². The summed E-state index contributed by atoms with van der Waals surface area (Å²) in [5.74, 6) is 0. The van der Waals surface area contributed by atoms with Gasteiger partial charge in [-0.05, 0) is 12.8 Å². The van der Waals surface area contributed by atoms with Crippen molar-refractivity contribution in [2.24, 2.45) is 0 Å². The summed E-state index contributed by atoms with van der Waals surface area (Å²) in [4.78, 5) is 0. The molecule has 1 aromatic rings. The van der Waals surface area contributed by atoms with Crippen molar-refractivity contribution in [1.82, 2.24) is 4.57 Å². The number of unbranched alkanes of at least 4 members (excludes halogenated alkanes) is 2. The fraction of sp³-hybridized carbons (Fsp3) is 0.750. The largest absolute Gasteiger partial charge is 0.342 e. The Morgan fingerprint density at radius 2 is 2.00 bits per heavy atom. The molecule has 0 unspecified atom stereocenters. The number of nitrogens with zero attached hydrogens (tertiary/aromatic N) is 2. The van der Waals surface area contributed by atoms with E-state index in [1.807, 2.05) is 0 Å². The highest BCUT2D eigenvalue weighted by molar-refractivity contribution is 4.65. The van der Waals surface area contributed by atoms with Gasteiger partial charge in [-0.15, -0.1) is 0 Å². The van der Waals surface area contributed by atoms with Crippen molar-refractivity contribution in [2.75, 3.05) is 6.61 Å². The Labute approximate surface area is 92.7 Å². The molecule has 0 spiro atoms. The van der Waals surface area contributed by atoms with Gasteiger partial charge in [0.1, 0.15) is 12.4 Å². The van der Waals surface area contributed by atoms with Gasteiger partial charge in [-0.3, -0.25) is 0 Å². The van der Waals surface area contributed by atoms with Crippen molar-refractivity contribution < 1.29 is 9.30 Å². The van der Waals surface area contributed by atoms with Gasteiger partial charge in [-0.25, -0.2) is 9.13 Å². The fourth-order valence-corrected chi connectivity index (χ4v) is 1.40. The van der Waals surface area contributed by atoms with E-state index in [0.717, 1.165) is 19.6 Å².